The number of ether oxygens (including phenoxy) is 1. The Labute approximate surface area is 129 Å². The van der Waals surface area contributed by atoms with Crippen LogP contribution in [0.25, 0.3) is 0 Å². The number of carbonyl (C=O) groups is 1. The summed E-state index contributed by atoms with van der Waals surface area (Å²) < 4.78 is 31.6. The summed E-state index contributed by atoms with van der Waals surface area (Å²) in [5.74, 6) is 0.607. The normalized spacial score (nSPS) is 15.7. The maximum absolute atomic E-state index is 12.3. The Hall–Kier alpha value is -1.31. The van der Waals surface area contributed by atoms with Gasteiger partial charge in [0.05, 0.1) is 5.75 Å². The zero-order chi connectivity index (χ0) is 15.3. The first-order valence-electron chi connectivity index (χ1n) is 6.59. The molecule has 0 spiro atoms. The summed E-state index contributed by atoms with van der Waals surface area (Å²) in [5.41, 5.74) is 0.686. The van der Waals surface area contributed by atoms with Gasteiger partial charge >= 0.3 is 0 Å². The molecule has 8 heteroatoms. The summed E-state index contributed by atoms with van der Waals surface area (Å²) in [6, 6.07) is 5.27. The lowest BCUT2D eigenvalue weighted by Gasteiger charge is -2.19. The number of halogens is 1. The van der Waals surface area contributed by atoms with E-state index in [1.807, 2.05) is 0 Å². The summed E-state index contributed by atoms with van der Waals surface area (Å²) in [7, 11) is -3.41. The van der Waals surface area contributed by atoms with Crippen LogP contribution in [0.15, 0.2) is 18.2 Å². The minimum atomic E-state index is -3.41. The van der Waals surface area contributed by atoms with Gasteiger partial charge < -0.3 is 10.1 Å². The van der Waals surface area contributed by atoms with E-state index in [0.29, 0.717) is 42.3 Å². The Morgan fingerprint density at radius 3 is 3.00 bits per heavy atom. The molecule has 0 bridgehead atoms. The van der Waals surface area contributed by atoms with Crippen molar-refractivity contribution >= 4 is 28.0 Å². The second-order valence-corrected chi connectivity index (χ2v) is 7.14. The molecule has 1 N–H and O–H groups in total. The largest absolute Gasteiger partial charge is 0.492 e. The monoisotopic (exact) mass is 332 g/mol. The number of fused-ring (bicyclic) bond motifs is 1. The molecule has 0 aromatic heterocycles. The van der Waals surface area contributed by atoms with E-state index in [0.717, 1.165) is 0 Å². The lowest BCUT2D eigenvalue weighted by atomic mass is 10.2. The van der Waals surface area contributed by atoms with Gasteiger partial charge in [0.15, 0.2) is 0 Å². The van der Waals surface area contributed by atoms with Gasteiger partial charge in [-0.1, -0.05) is 17.7 Å². The van der Waals surface area contributed by atoms with Crippen LogP contribution in [0, 0.1) is 0 Å². The van der Waals surface area contributed by atoms with Crippen LogP contribution in [0.5, 0.6) is 5.75 Å². The van der Waals surface area contributed by atoms with Crippen molar-refractivity contribution in [2.45, 2.75) is 13.0 Å². The molecule has 0 saturated carbocycles. The Kier molecular flexibility index (Phi) is 5.44. The average Bonchev–Trinajstić information content (AvgIpc) is 2.68. The van der Waals surface area contributed by atoms with Crippen LogP contribution >= 0.6 is 11.6 Å². The standard InChI is InChI=1S/C13H17ClN2O4S/c14-12-3-1-4-13-11(12)9-16(6-7-20-13)21(18,19)8-2-5-15-10-17/h1,3-4,10H,2,5-9H2,(H,15,17). The molecule has 2 rings (SSSR count). The quantitative estimate of drug-likeness (QED) is 0.623. The fraction of sp³-hybridized carbons (Fsp3) is 0.462. The Bertz CT molecular complexity index is 606. The van der Waals surface area contributed by atoms with Gasteiger partial charge in [0, 0.05) is 30.2 Å². The number of amides is 1. The van der Waals surface area contributed by atoms with Crippen molar-refractivity contribution in [3.63, 3.8) is 0 Å². The SMILES string of the molecule is O=CNCCCS(=O)(=O)N1CCOc2cccc(Cl)c2C1. The highest BCUT2D eigenvalue weighted by atomic mass is 35.5. The minimum absolute atomic E-state index is 0.0202. The van der Waals surface area contributed by atoms with Crippen molar-refractivity contribution in [1.82, 2.24) is 9.62 Å². The summed E-state index contributed by atoms with van der Waals surface area (Å²) in [4.78, 5) is 10.1. The third kappa shape index (κ3) is 4.09. The highest BCUT2D eigenvalue weighted by Crippen LogP contribution is 2.30. The van der Waals surface area contributed by atoms with E-state index in [1.165, 1.54) is 4.31 Å². The van der Waals surface area contributed by atoms with E-state index < -0.39 is 10.0 Å². The number of nitrogens with zero attached hydrogens (tertiary/aromatic N) is 1. The van der Waals surface area contributed by atoms with Crippen molar-refractivity contribution < 1.29 is 17.9 Å². The van der Waals surface area contributed by atoms with Gasteiger partial charge in [-0.05, 0) is 18.6 Å². The van der Waals surface area contributed by atoms with Crippen molar-refractivity contribution in [3.05, 3.63) is 28.8 Å². The number of benzene rings is 1. The third-order valence-corrected chi connectivity index (χ3v) is 5.47. The predicted octanol–water partition coefficient (Wildman–Crippen LogP) is 1.00. The van der Waals surface area contributed by atoms with Crippen LogP contribution in [0.3, 0.4) is 0 Å². The van der Waals surface area contributed by atoms with Crippen LogP contribution in [0.4, 0.5) is 0 Å². The molecule has 1 aliphatic heterocycles. The van der Waals surface area contributed by atoms with Crippen molar-refractivity contribution in [3.8, 4) is 5.75 Å². The number of rotatable bonds is 6. The van der Waals surface area contributed by atoms with Crippen LogP contribution < -0.4 is 10.1 Å². The van der Waals surface area contributed by atoms with Gasteiger partial charge in [-0.25, -0.2) is 8.42 Å². The van der Waals surface area contributed by atoms with E-state index in [-0.39, 0.29) is 18.8 Å². The average molecular weight is 333 g/mol. The zero-order valence-corrected chi connectivity index (χ0v) is 13.0. The van der Waals surface area contributed by atoms with Crippen molar-refractivity contribution in [1.29, 1.82) is 0 Å². The molecular weight excluding hydrogens is 316 g/mol. The molecule has 6 nitrogen and oxygen atoms in total. The first-order valence-corrected chi connectivity index (χ1v) is 8.58. The molecule has 1 heterocycles. The summed E-state index contributed by atoms with van der Waals surface area (Å²) in [6.07, 6.45) is 0.927. The van der Waals surface area contributed by atoms with E-state index in [9.17, 15) is 13.2 Å². The van der Waals surface area contributed by atoms with Crippen LogP contribution in [-0.2, 0) is 21.4 Å². The second-order valence-electron chi connectivity index (χ2n) is 4.64. The van der Waals surface area contributed by atoms with Crippen molar-refractivity contribution in [2.75, 3.05) is 25.4 Å². The number of hydrogen-bond acceptors (Lipinski definition) is 4. The number of nitrogens with one attached hydrogen (secondary N) is 1. The molecule has 0 fully saturated rings. The molecule has 0 aliphatic carbocycles. The van der Waals surface area contributed by atoms with E-state index in [2.05, 4.69) is 5.32 Å². The molecule has 0 radical (unpaired) electrons. The van der Waals surface area contributed by atoms with Gasteiger partial charge in [0.25, 0.3) is 0 Å². The summed E-state index contributed by atoms with van der Waals surface area (Å²) in [5, 5.41) is 2.95. The molecule has 1 aliphatic rings. The fourth-order valence-electron chi connectivity index (χ4n) is 2.12. The van der Waals surface area contributed by atoms with Gasteiger partial charge in [-0.2, -0.15) is 4.31 Å². The van der Waals surface area contributed by atoms with Crippen LogP contribution in [-0.4, -0.2) is 44.6 Å². The fourth-order valence-corrected chi connectivity index (χ4v) is 3.79. The molecule has 0 unspecified atom stereocenters. The maximum atomic E-state index is 12.3. The van der Waals surface area contributed by atoms with Gasteiger partial charge in [-0.15, -0.1) is 0 Å². The smallest absolute Gasteiger partial charge is 0.214 e. The molecule has 116 valence electrons. The van der Waals surface area contributed by atoms with E-state index in [1.54, 1.807) is 18.2 Å². The Balaban J connectivity index is 2.10. The predicted molar refractivity (Wildman–Crippen MR) is 79.8 cm³/mol. The highest BCUT2D eigenvalue weighted by molar-refractivity contribution is 7.89. The summed E-state index contributed by atoms with van der Waals surface area (Å²) >= 11 is 6.13. The molecule has 0 atom stereocenters. The summed E-state index contributed by atoms with van der Waals surface area (Å²) in [6.45, 7) is 1.12. The first kappa shape index (κ1) is 16.1. The topological polar surface area (TPSA) is 75.7 Å². The second kappa shape index (κ2) is 7.11. The number of hydrogen-bond donors (Lipinski definition) is 1. The first-order chi connectivity index (χ1) is 10.0. The molecular formula is C13H17ClN2O4S. The lowest BCUT2D eigenvalue weighted by Crippen LogP contribution is -2.35. The van der Waals surface area contributed by atoms with E-state index >= 15 is 0 Å². The number of sulfonamides is 1. The Morgan fingerprint density at radius 1 is 1.43 bits per heavy atom. The molecule has 1 aromatic rings. The third-order valence-electron chi connectivity index (χ3n) is 3.21. The molecule has 21 heavy (non-hydrogen) atoms. The molecule has 0 saturated heterocycles. The minimum Gasteiger partial charge on any atom is -0.492 e. The maximum Gasteiger partial charge on any atom is 0.214 e. The van der Waals surface area contributed by atoms with Crippen LogP contribution in [0.1, 0.15) is 12.0 Å². The Morgan fingerprint density at radius 2 is 2.24 bits per heavy atom. The molecule has 1 amide bonds. The van der Waals surface area contributed by atoms with Gasteiger partial charge in [-0.3, -0.25) is 4.79 Å². The lowest BCUT2D eigenvalue weighted by molar-refractivity contribution is -0.109. The van der Waals surface area contributed by atoms with Gasteiger partial charge in [0.2, 0.25) is 16.4 Å². The van der Waals surface area contributed by atoms with E-state index in [4.69, 9.17) is 16.3 Å². The molecule has 1 aromatic carbocycles. The van der Waals surface area contributed by atoms with Crippen LogP contribution in [0.2, 0.25) is 5.02 Å². The highest BCUT2D eigenvalue weighted by Gasteiger charge is 2.26. The number of carbonyl (C=O) groups excluding carboxylic acids is 1. The van der Waals surface area contributed by atoms with Gasteiger partial charge in [0.1, 0.15) is 12.4 Å². The van der Waals surface area contributed by atoms with Crippen molar-refractivity contribution in [2.24, 2.45) is 0 Å². The zero-order valence-electron chi connectivity index (χ0n) is 11.4.